The first-order valence-electron chi connectivity index (χ1n) is 9.00. The van der Waals surface area contributed by atoms with E-state index in [4.69, 9.17) is 5.11 Å². The number of aliphatic hydroxyl groups excluding tert-OH is 1. The standard InChI is InChI=1S/C22H25NO/c24-13-12-17-6-8-19(9-7-17)21-11-10-20-15-23(16-22(20)21)14-18-4-2-1-3-5-18/h1-9,11,20,22,24H,10,12-16H2. The molecule has 0 radical (unpaired) electrons. The molecule has 2 heteroatoms. The lowest BCUT2D eigenvalue weighted by Gasteiger charge is -2.17. The molecule has 124 valence electrons. The lowest BCUT2D eigenvalue weighted by atomic mass is 9.90. The highest BCUT2D eigenvalue weighted by molar-refractivity contribution is 5.70. The minimum atomic E-state index is 0.223. The lowest BCUT2D eigenvalue weighted by molar-refractivity contribution is 0.299. The minimum Gasteiger partial charge on any atom is -0.396 e. The molecule has 2 unspecified atom stereocenters. The van der Waals surface area contributed by atoms with Gasteiger partial charge in [-0.1, -0.05) is 60.7 Å². The fourth-order valence-corrected chi connectivity index (χ4v) is 4.28. The summed E-state index contributed by atoms with van der Waals surface area (Å²) in [6.45, 7) is 3.67. The lowest BCUT2D eigenvalue weighted by Crippen LogP contribution is -2.21. The van der Waals surface area contributed by atoms with Crippen LogP contribution in [0.5, 0.6) is 0 Å². The van der Waals surface area contributed by atoms with Gasteiger partial charge >= 0.3 is 0 Å². The van der Waals surface area contributed by atoms with Crippen LogP contribution >= 0.6 is 0 Å². The van der Waals surface area contributed by atoms with Crippen LogP contribution < -0.4 is 0 Å². The van der Waals surface area contributed by atoms with E-state index in [0.29, 0.717) is 5.92 Å². The molecule has 1 saturated heterocycles. The highest BCUT2D eigenvalue weighted by atomic mass is 16.2. The van der Waals surface area contributed by atoms with E-state index < -0.39 is 0 Å². The van der Waals surface area contributed by atoms with E-state index in [2.05, 4.69) is 65.6 Å². The molecule has 24 heavy (non-hydrogen) atoms. The average Bonchev–Trinajstić information content (AvgIpc) is 3.17. The largest absolute Gasteiger partial charge is 0.396 e. The van der Waals surface area contributed by atoms with Gasteiger partial charge in [0.05, 0.1) is 0 Å². The van der Waals surface area contributed by atoms with Crippen molar-refractivity contribution >= 4 is 5.57 Å². The van der Waals surface area contributed by atoms with Crippen molar-refractivity contribution in [3.63, 3.8) is 0 Å². The number of fused-ring (bicyclic) bond motifs is 1. The number of benzene rings is 2. The third kappa shape index (κ3) is 3.17. The summed E-state index contributed by atoms with van der Waals surface area (Å²) < 4.78 is 0. The molecule has 0 amide bonds. The molecule has 2 nitrogen and oxygen atoms in total. The van der Waals surface area contributed by atoms with E-state index in [-0.39, 0.29) is 6.61 Å². The molecule has 2 aromatic rings. The summed E-state index contributed by atoms with van der Waals surface area (Å²) >= 11 is 0. The third-order valence-corrected chi connectivity index (χ3v) is 5.49. The normalized spacial score (nSPS) is 23.3. The maximum Gasteiger partial charge on any atom is 0.0471 e. The van der Waals surface area contributed by atoms with Crippen molar-refractivity contribution < 1.29 is 5.11 Å². The van der Waals surface area contributed by atoms with E-state index in [9.17, 15) is 0 Å². The molecule has 1 N–H and O–H groups in total. The predicted octanol–water partition coefficient (Wildman–Crippen LogP) is 3.76. The van der Waals surface area contributed by atoms with Crippen LogP contribution in [0.15, 0.2) is 60.7 Å². The summed E-state index contributed by atoms with van der Waals surface area (Å²) in [4.78, 5) is 2.61. The topological polar surface area (TPSA) is 23.5 Å². The number of aliphatic hydroxyl groups is 1. The summed E-state index contributed by atoms with van der Waals surface area (Å²) in [6, 6.07) is 19.6. The average molecular weight is 319 g/mol. The van der Waals surface area contributed by atoms with Gasteiger partial charge in [0, 0.05) is 32.2 Å². The number of hydrogen-bond acceptors (Lipinski definition) is 2. The molecule has 1 aliphatic carbocycles. The molecule has 1 heterocycles. The predicted molar refractivity (Wildman–Crippen MR) is 98.5 cm³/mol. The molecular formula is C22H25NO. The van der Waals surface area contributed by atoms with Crippen molar-refractivity contribution in [1.82, 2.24) is 4.90 Å². The number of hydrogen-bond donors (Lipinski definition) is 1. The molecule has 4 rings (SSSR count). The van der Waals surface area contributed by atoms with Gasteiger partial charge in [-0.3, -0.25) is 4.90 Å². The fourth-order valence-electron chi connectivity index (χ4n) is 4.28. The summed E-state index contributed by atoms with van der Waals surface area (Å²) in [7, 11) is 0. The van der Waals surface area contributed by atoms with Crippen LogP contribution in [-0.2, 0) is 13.0 Å². The van der Waals surface area contributed by atoms with Gasteiger partial charge < -0.3 is 5.11 Å². The zero-order valence-electron chi connectivity index (χ0n) is 14.1. The highest BCUT2D eigenvalue weighted by Gasteiger charge is 2.38. The van der Waals surface area contributed by atoms with Gasteiger partial charge in [0.1, 0.15) is 0 Å². The number of likely N-dealkylation sites (tertiary alicyclic amines) is 1. The molecule has 1 fully saturated rings. The van der Waals surface area contributed by atoms with Crippen LogP contribution in [0.1, 0.15) is 23.1 Å². The van der Waals surface area contributed by atoms with Crippen molar-refractivity contribution in [1.29, 1.82) is 0 Å². The Labute approximate surface area is 144 Å². The molecule has 1 aliphatic heterocycles. The van der Waals surface area contributed by atoms with Crippen molar-refractivity contribution in [2.45, 2.75) is 19.4 Å². The SMILES string of the molecule is OCCc1ccc(C2=CCC3CN(Cc4ccccc4)CC23)cc1. The summed E-state index contributed by atoms with van der Waals surface area (Å²) in [6.07, 6.45) is 4.41. The Kier molecular flexibility index (Phi) is 4.50. The Morgan fingerprint density at radius 1 is 0.917 bits per heavy atom. The molecule has 2 atom stereocenters. The van der Waals surface area contributed by atoms with Crippen molar-refractivity contribution in [3.05, 3.63) is 77.4 Å². The summed E-state index contributed by atoms with van der Waals surface area (Å²) in [5, 5.41) is 9.06. The third-order valence-electron chi connectivity index (χ3n) is 5.49. The zero-order chi connectivity index (χ0) is 16.4. The maximum absolute atomic E-state index is 9.06. The Morgan fingerprint density at radius 2 is 1.71 bits per heavy atom. The quantitative estimate of drug-likeness (QED) is 0.907. The molecule has 0 bridgehead atoms. The van der Waals surface area contributed by atoms with Crippen LogP contribution in [0, 0.1) is 11.8 Å². The number of nitrogens with zero attached hydrogens (tertiary/aromatic N) is 1. The van der Waals surface area contributed by atoms with Gasteiger partial charge in [0.25, 0.3) is 0 Å². The fraction of sp³-hybridized carbons (Fsp3) is 0.364. The Hall–Kier alpha value is -1.90. The highest BCUT2D eigenvalue weighted by Crippen LogP contribution is 2.43. The minimum absolute atomic E-state index is 0.223. The zero-order valence-corrected chi connectivity index (χ0v) is 14.1. The van der Waals surface area contributed by atoms with Gasteiger partial charge in [-0.2, -0.15) is 0 Å². The smallest absolute Gasteiger partial charge is 0.0471 e. The van der Waals surface area contributed by atoms with Gasteiger partial charge in [-0.25, -0.2) is 0 Å². The van der Waals surface area contributed by atoms with E-state index in [1.807, 2.05) is 0 Å². The molecule has 2 aliphatic rings. The first-order chi connectivity index (χ1) is 11.8. The van der Waals surface area contributed by atoms with Gasteiger partial charge in [-0.15, -0.1) is 0 Å². The van der Waals surface area contributed by atoms with E-state index >= 15 is 0 Å². The first-order valence-corrected chi connectivity index (χ1v) is 9.00. The van der Waals surface area contributed by atoms with Crippen LogP contribution in [-0.4, -0.2) is 29.7 Å². The van der Waals surface area contributed by atoms with Crippen molar-refractivity contribution in [2.24, 2.45) is 11.8 Å². The Balaban J connectivity index is 1.44. The first kappa shape index (κ1) is 15.6. The Bertz CT molecular complexity index is 705. The molecule has 2 aromatic carbocycles. The number of allylic oxidation sites excluding steroid dienone is 1. The van der Waals surface area contributed by atoms with Gasteiger partial charge in [0.2, 0.25) is 0 Å². The number of rotatable bonds is 5. The van der Waals surface area contributed by atoms with Crippen LogP contribution in [0.4, 0.5) is 0 Å². The van der Waals surface area contributed by atoms with Gasteiger partial charge in [0.15, 0.2) is 0 Å². The van der Waals surface area contributed by atoms with Crippen molar-refractivity contribution in [3.8, 4) is 0 Å². The maximum atomic E-state index is 9.06. The molecular weight excluding hydrogens is 294 g/mol. The monoisotopic (exact) mass is 319 g/mol. The summed E-state index contributed by atoms with van der Waals surface area (Å²) in [5.74, 6) is 1.46. The second-order valence-electron chi connectivity index (χ2n) is 7.11. The van der Waals surface area contributed by atoms with E-state index in [1.165, 1.54) is 41.8 Å². The van der Waals surface area contributed by atoms with Crippen molar-refractivity contribution in [2.75, 3.05) is 19.7 Å². The molecule has 0 spiro atoms. The summed E-state index contributed by atoms with van der Waals surface area (Å²) in [5.41, 5.74) is 5.53. The second-order valence-corrected chi connectivity index (χ2v) is 7.11. The van der Waals surface area contributed by atoms with E-state index in [1.54, 1.807) is 0 Å². The molecule has 0 aromatic heterocycles. The van der Waals surface area contributed by atoms with E-state index in [0.717, 1.165) is 18.9 Å². The van der Waals surface area contributed by atoms with Crippen LogP contribution in [0.25, 0.3) is 5.57 Å². The molecule has 0 saturated carbocycles. The second kappa shape index (κ2) is 6.92. The van der Waals surface area contributed by atoms with Gasteiger partial charge in [-0.05, 0) is 41.0 Å². The van der Waals surface area contributed by atoms with Crippen LogP contribution in [0.2, 0.25) is 0 Å². The van der Waals surface area contributed by atoms with Crippen LogP contribution in [0.3, 0.4) is 0 Å². The Morgan fingerprint density at radius 3 is 2.46 bits per heavy atom.